The van der Waals surface area contributed by atoms with E-state index in [1.807, 2.05) is 19.1 Å². The highest BCUT2D eigenvalue weighted by Gasteiger charge is 2.71. The summed E-state index contributed by atoms with van der Waals surface area (Å²) in [7, 11) is 0. The molecule has 2 fully saturated rings. The Kier molecular flexibility index (Phi) is 2.89. The number of amides is 1. The Morgan fingerprint density at radius 2 is 2.37 bits per heavy atom. The molecule has 19 heavy (non-hydrogen) atoms. The number of ether oxygens (including phenoxy) is 1. The van der Waals surface area contributed by atoms with Crippen LogP contribution in [0.5, 0.6) is 0 Å². The van der Waals surface area contributed by atoms with Crippen molar-refractivity contribution in [3.05, 3.63) is 12.2 Å². The predicted molar refractivity (Wildman–Crippen MR) is 67.0 cm³/mol. The minimum atomic E-state index is -1.20. The Balaban J connectivity index is 1.89. The van der Waals surface area contributed by atoms with Crippen molar-refractivity contribution < 1.29 is 19.4 Å². The van der Waals surface area contributed by atoms with Crippen molar-refractivity contribution in [1.29, 1.82) is 0 Å². The van der Waals surface area contributed by atoms with Gasteiger partial charge in [0.15, 0.2) is 0 Å². The van der Waals surface area contributed by atoms with Crippen LogP contribution < -0.4 is 5.32 Å². The molecule has 0 unspecified atom stereocenters. The van der Waals surface area contributed by atoms with Gasteiger partial charge in [-0.15, -0.1) is 0 Å². The zero-order valence-corrected chi connectivity index (χ0v) is 11.0. The molecular formula is C14H19NO4. The van der Waals surface area contributed by atoms with E-state index in [-0.39, 0.29) is 17.7 Å². The minimum Gasteiger partial charge on any atom is -0.456 e. The highest BCUT2D eigenvalue weighted by atomic mass is 16.6. The van der Waals surface area contributed by atoms with Gasteiger partial charge in [0, 0.05) is 5.92 Å². The van der Waals surface area contributed by atoms with Gasteiger partial charge in [-0.1, -0.05) is 19.1 Å². The average Bonchev–Trinajstić information content (AvgIpc) is 2.67. The third kappa shape index (κ3) is 1.57. The Hall–Kier alpha value is -1.36. The number of aliphatic hydroxyl groups is 1. The van der Waals surface area contributed by atoms with Gasteiger partial charge in [0.1, 0.15) is 6.10 Å². The topological polar surface area (TPSA) is 75.6 Å². The molecular weight excluding hydrogens is 246 g/mol. The molecule has 0 aromatic heterocycles. The van der Waals surface area contributed by atoms with Crippen LogP contribution in [0.1, 0.15) is 32.6 Å². The van der Waals surface area contributed by atoms with E-state index in [9.17, 15) is 14.7 Å². The fraction of sp³-hybridized carbons (Fsp3) is 0.714. The predicted octanol–water partition coefficient (Wildman–Crippen LogP) is 0.524. The number of nitrogens with one attached hydrogen (secondary N) is 1. The van der Waals surface area contributed by atoms with Crippen LogP contribution in [0, 0.1) is 11.8 Å². The maximum absolute atomic E-state index is 11.9. The first-order valence-electron chi connectivity index (χ1n) is 6.99. The van der Waals surface area contributed by atoms with Crippen LogP contribution >= 0.6 is 0 Å². The number of fused-ring (bicyclic) bond motifs is 1. The molecule has 0 aromatic rings. The van der Waals surface area contributed by atoms with Crippen LogP contribution in [-0.2, 0) is 14.3 Å². The molecule has 1 amide bonds. The second-order valence-electron chi connectivity index (χ2n) is 5.67. The number of allylic oxidation sites excluding steroid dienone is 1. The number of hydrogen-bond acceptors (Lipinski definition) is 4. The second kappa shape index (κ2) is 4.34. The maximum Gasteiger partial charge on any atom is 0.339 e. The smallest absolute Gasteiger partial charge is 0.339 e. The van der Waals surface area contributed by atoms with Crippen molar-refractivity contribution in [2.75, 3.05) is 0 Å². The van der Waals surface area contributed by atoms with Gasteiger partial charge in [0.05, 0.1) is 12.0 Å². The molecule has 0 spiro atoms. The lowest BCUT2D eigenvalue weighted by Crippen LogP contribution is -2.74. The lowest BCUT2D eigenvalue weighted by Gasteiger charge is -2.47. The van der Waals surface area contributed by atoms with E-state index in [4.69, 9.17) is 4.74 Å². The fourth-order valence-electron chi connectivity index (χ4n) is 3.52. The van der Waals surface area contributed by atoms with Crippen LogP contribution in [0.25, 0.3) is 0 Å². The SMILES string of the molecule is CC[C@H]1C(=O)N[C@@]2([C@@H](O)[C@@H]3C=CCCC3)C(=O)O[C@@H]12. The first kappa shape index (κ1) is 12.7. The van der Waals surface area contributed by atoms with E-state index in [0.717, 1.165) is 19.3 Å². The normalized spacial score (nSPS) is 42.1. The van der Waals surface area contributed by atoms with Crippen molar-refractivity contribution in [3.8, 4) is 0 Å². The third-order valence-electron chi connectivity index (χ3n) is 4.66. The molecule has 2 saturated heterocycles. The largest absolute Gasteiger partial charge is 0.456 e. The fourth-order valence-corrected chi connectivity index (χ4v) is 3.52. The molecule has 5 heteroatoms. The number of carbonyl (C=O) groups excluding carboxylic acids is 2. The summed E-state index contributed by atoms with van der Waals surface area (Å²) >= 11 is 0. The lowest BCUT2D eigenvalue weighted by molar-refractivity contribution is -0.207. The molecule has 2 heterocycles. The van der Waals surface area contributed by atoms with E-state index in [1.54, 1.807) is 0 Å². The second-order valence-corrected chi connectivity index (χ2v) is 5.67. The first-order valence-corrected chi connectivity index (χ1v) is 6.99. The van der Waals surface area contributed by atoms with Crippen molar-refractivity contribution in [2.24, 2.45) is 11.8 Å². The van der Waals surface area contributed by atoms with Gasteiger partial charge in [-0.25, -0.2) is 4.79 Å². The molecule has 1 aliphatic carbocycles. The van der Waals surface area contributed by atoms with Crippen LogP contribution in [0.15, 0.2) is 12.2 Å². The van der Waals surface area contributed by atoms with Gasteiger partial charge >= 0.3 is 5.97 Å². The molecule has 0 aromatic carbocycles. The maximum atomic E-state index is 11.9. The lowest BCUT2D eigenvalue weighted by atomic mass is 9.72. The first-order chi connectivity index (χ1) is 9.11. The molecule has 3 aliphatic rings. The van der Waals surface area contributed by atoms with E-state index in [0.29, 0.717) is 6.42 Å². The number of hydrogen-bond donors (Lipinski definition) is 2. The molecule has 0 bridgehead atoms. The van der Waals surface area contributed by atoms with Crippen LogP contribution in [0.4, 0.5) is 0 Å². The standard InChI is InChI=1S/C14H19NO4/c1-2-9-11-14(13(18)19-11,15-12(9)17)10(16)8-6-4-3-5-7-8/h4,6,8-11,16H,2-3,5,7H2,1H3,(H,15,17)/t8-,9-,10+,11+,14-/m1/s1. The molecule has 5 nitrogen and oxygen atoms in total. The Morgan fingerprint density at radius 3 is 2.95 bits per heavy atom. The van der Waals surface area contributed by atoms with Crippen LogP contribution in [0.2, 0.25) is 0 Å². The van der Waals surface area contributed by atoms with Gasteiger partial charge in [-0.05, 0) is 25.7 Å². The summed E-state index contributed by atoms with van der Waals surface area (Å²) < 4.78 is 5.15. The quantitative estimate of drug-likeness (QED) is 0.576. The van der Waals surface area contributed by atoms with Gasteiger partial charge in [-0.2, -0.15) is 0 Å². The highest BCUT2D eigenvalue weighted by Crippen LogP contribution is 2.45. The molecule has 0 radical (unpaired) electrons. The molecule has 2 N–H and O–H groups in total. The van der Waals surface area contributed by atoms with Crippen molar-refractivity contribution in [3.63, 3.8) is 0 Å². The monoisotopic (exact) mass is 265 g/mol. The van der Waals surface area contributed by atoms with Gasteiger partial charge in [-0.3, -0.25) is 4.79 Å². The minimum absolute atomic E-state index is 0.0833. The van der Waals surface area contributed by atoms with Crippen molar-refractivity contribution in [2.45, 2.75) is 50.4 Å². The molecule has 5 atom stereocenters. The van der Waals surface area contributed by atoms with E-state index < -0.39 is 23.7 Å². The molecule has 104 valence electrons. The summed E-state index contributed by atoms with van der Waals surface area (Å²) in [6, 6.07) is 0. The summed E-state index contributed by atoms with van der Waals surface area (Å²) in [6.07, 6.45) is 6.04. The van der Waals surface area contributed by atoms with Gasteiger partial charge in [0.25, 0.3) is 0 Å². The Labute approximate surface area is 112 Å². The Bertz CT molecular complexity index is 447. The van der Waals surface area contributed by atoms with E-state index in [2.05, 4.69) is 5.32 Å². The summed E-state index contributed by atoms with van der Waals surface area (Å²) in [5.74, 6) is -1.09. The Morgan fingerprint density at radius 1 is 1.58 bits per heavy atom. The zero-order valence-electron chi connectivity index (χ0n) is 11.0. The molecule has 0 saturated carbocycles. The zero-order chi connectivity index (χ0) is 13.6. The van der Waals surface area contributed by atoms with Gasteiger partial charge < -0.3 is 15.2 Å². The summed E-state index contributed by atoms with van der Waals surface area (Å²) in [6.45, 7) is 1.89. The third-order valence-corrected chi connectivity index (χ3v) is 4.66. The molecule has 2 aliphatic heterocycles. The summed E-state index contributed by atoms with van der Waals surface area (Å²) in [4.78, 5) is 23.8. The van der Waals surface area contributed by atoms with E-state index in [1.165, 1.54) is 0 Å². The number of rotatable bonds is 3. The average molecular weight is 265 g/mol. The summed E-state index contributed by atoms with van der Waals surface area (Å²) in [5.41, 5.74) is -1.20. The highest BCUT2D eigenvalue weighted by molar-refractivity contribution is 6.00. The number of aliphatic hydroxyl groups excluding tert-OH is 1. The van der Waals surface area contributed by atoms with Gasteiger partial charge in [0.2, 0.25) is 11.4 Å². The number of carbonyl (C=O) groups is 2. The van der Waals surface area contributed by atoms with Crippen LogP contribution in [-0.4, -0.2) is 34.7 Å². The van der Waals surface area contributed by atoms with Crippen molar-refractivity contribution >= 4 is 11.9 Å². The molecule has 3 rings (SSSR count). The van der Waals surface area contributed by atoms with Crippen LogP contribution in [0.3, 0.4) is 0 Å². The summed E-state index contributed by atoms with van der Waals surface area (Å²) in [5, 5.41) is 13.3. The number of esters is 1. The van der Waals surface area contributed by atoms with Crippen molar-refractivity contribution in [1.82, 2.24) is 5.32 Å². The van der Waals surface area contributed by atoms with E-state index >= 15 is 0 Å².